The number of sulfonamides is 1. The average Bonchev–Trinajstić information content (AvgIpc) is 3.39. The first-order valence-corrected chi connectivity index (χ1v) is 14.3. The summed E-state index contributed by atoms with van der Waals surface area (Å²) in [6.45, 7) is 3.83. The zero-order chi connectivity index (χ0) is 29.8. The van der Waals surface area contributed by atoms with Gasteiger partial charge >= 0.3 is 15.5 Å². The summed E-state index contributed by atoms with van der Waals surface area (Å²) in [4.78, 5) is 18.4. The number of halogens is 3. The molecule has 4 aromatic rings. The second-order valence-electron chi connectivity index (χ2n) is 9.42. The molecule has 0 aliphatic heterocycles. The van der Waals surface area contributed by atoms with Gasteiger partial charge < -0.3 is 4.42 Å². The van der Waals surface area contributed by atoms with E-state index in [1.165, 1.54) is 35.1 Å². The fourth-order valence-electron chi connectivity index (χ4n) is 4.41. The van der Waals surface area contributed by atoms with Crippen molar-refractivity contribution in [1.29, 1.82) is 5.26 Å². The summed E-state index contributed by atoms with van der Waals surface area (Å²) in [6, 6.07) is 16.2. The zero-order valence-electron chi connectivity index (χ0n) is 22.3. The smallest absolute Gasteiger partial charge is 0.466 e. The molecule has 0 radical (unpaired) electrons. The van der Waals surface area contributed by atoms with E-state index in [2.05, 4.69) is 0 Å². The Kier molecular flexibility index (Phi) is 8.68. The molecule has 4 rings (SSSR count). The lowest BCUT2D eigenvalue weighted by Gasteiger charge is -2.16. The van der Waals surface area contributed by atoms with Crippen LogP contribution < -0.4 is 10.3 Å². The maximum Gasteiger partial charge on any atom is 0.516 e. The van der Waals surface area contributed by atoms with E-state index in [0.29, 0.717) is 40.4 Å². The van der Waals surface area contributed by atoms with Gasteiger partial charge in [0.2, 0.25) is 0 Å². The minimum Gasteiger partial charge on any atom is -0.466 e. The van der Waals surface area contributed by atoms with Gasteiger partial charge in [0.05, 0.1) is 29.8 Å². The van der Waals surface area contributed by atoms with Gasteiger partial charge in [-0.25, -0.2) is 4.98 Å². The van der Waals surface area contributed by atoms with E-state index in [4.69, 9.17) is 9.40 Å². The van der Waals surface area contributed by atoms with Crippen LogP contribution >= 0.6 is 0 Å². The summed E-state index contributed by atoms with van der Waals surface area (Å²) in [7, 11) is -5.60. The molecule has 0 fully saturated rings. The van der Waals surface area contributed by atoms with Crippen LogP contribution in [0, 0.1) is 18.3 Å². The van der Waals surface area contributed by atoms with Crippen molar-refractivity contribution in [3.05, 3.63) is 105 Å². The molecule has 0 saturated heterocycles. The molecule has 0 aliphatic carbocycles. The van der Waals surface area contributed by atoms with E-state index in [9.17, 15) is 31.6 Å². The Balaban J connectivity index is 1.68. The number of nitrogens with zero attached hydrogens (tertiary/aromatic N) is 3. The standard InChI is InChI=1S/C29H27F3N4O4S/c1-3-4-8-25-24(28(37)36(19(2)34-25)18-27-22(17-33)14-15-40-27)16-20-10-12-21(13-11-20)23-7-5-6-9-26(23)35-41(38,39)29(30,31)32/h5-7,9-15,35H,3-4,8,16,18H2,1-2H3. The van der Waals surface area contributed by atoms with Crippen molar-refractivity contribution in [1.82, 2.24) is 9.55 Å². The fraction of sp³-hybridized carbons (Fsp3) is 0.276. The van der Waals surface area contributed by atoms with Crippen LogP contribution in [-0.4, -0.2) is 23.5 Å². The van der Waals surface area contributed by atoms with Crippen LogP contribution in [0.1, 0.15) is 53.7 Å². The molecule has 12 heteroatoms. The summed E-state index contributed by atoms with van der Waals surface area (Å²) >= 11 is 0. The second kappa shape index (κ2) is 12.0. The SMILES string of the molecule is CCCCc1nc(C)n(Cc2occc2C#N)c(=O)c1Cc1ccc(-c2ccccc2NS(=O)(=O)C(F)(F)F)cc1. The van der Waals surface area contributed by atoms with Crippen LogP contribution in [0.5, 0.6) is 0 Å². The Bertz CT molecular complexity index is 1750. The molecule has 41 heavy (non-hydrogen) atoms. The molecule has 0 aliphatic rings. The number of hydrogen-bond acceptors (Lipinski definition) is 6. The number of nitrogens with one attached hydrogen (secondary N) is 1. The molecule has 1 N–H and O–H groups in total. The first kappa shape index (κ1) is 29.6. The number of hydrogen-bond donors (Lipinski definition) is 1. The molecule has 0 atom stereocenters. The highest BCUT2D eigenvalue weighted by Gasteiger charge is 2.46. The van der Waals surface area contributed by atoms with Gasteiger partial charge in [-0.1, -0.05) is 55.8 Å². The van der Waals surface area contributed by atoms with E-state index >= 15 is 0 Å². The van der Waals surface area contributed by atoms with Gasteiger partial charge in [0, 0.05) is 17.5 Å². The van der Waals surface area contributed by atoms with Crippen molar-refractivity contribution in [2.45, 2.75) is 51.6 Å². The van der Waals surface area contributed by atoms with Crippen LogP contribution in [0.25, 0.3) is 11.1 Å². The molecule has 2 aromatic heterocycles. The summed E-state index contributed by atoms with van der Waals surface area (Å²) < 4.78 is 70.8. The normalized spacial score (nSPS) is 11.8. The van der Waals surface area contributed by atoms with Crippen molar-refractivity contribution in [2.24, 2.45) is 0 Å². The van der Waals surface area contributed by atoms with Crippen LogP contribution in [-0.2, 0) is 29.4 Å². The third-order valence-electron chi connectivity index (χ3n) is 6.60. The molecular weight excluding hydrogens is 557 g/mol. The Morgan fingerprint density at radius 3 is 2.46 bits per heavy atom. The summed E-state index contributed by atoms with van der Waals surface area (Å²) in [6.07, 6.45) is 4.00. The molecule has 2 heterocycles. The summed E-state index contributed by atoms with van der Waals surface area (Å²) in [5, 5.41) is 9.33. The van der Waals surface area contributed by atoms with Crippen molar-refractivity contribution in [2.75, 3.05) is 4.72 Å². The maximum atomic E-state index is 13.7. The topological polar surface area (TPSA) is 118 Å². The minimum atomic E-state index is -5.60. The molecule has 0 bridgehead atoms. The van der Waals surface area contributed by atoms with Gasteiger partial charge in [0.1, 0.15) is 17.7 Å². The van der Waals surface area contributed by atoms with E-state index in [0.717, 1.165) is 18.4 Å². The van der Waals surface area contributed by atoms with Crippen molar-refractivity contribution in [3.63, 3.8) is 0 Å². The van der Waals surface area contributed by atoms with Gasteiger partial charge in [0.15, 0.2) is 0 Å². The number of aromatic nitrogens is 2. The Labute approximate surface area is 235 Å². The first-order valence-electron chi connectivity index (χ1n) is 12.8. The molecule has 0 unspecified atom stereocenters. The number of anilines is 1. The lowest BCUT2D eigenvalue weighted by atomic mass is 9.98. The molecule has 0 spiro atoms. The van der Waals surface area contributed by atoms with E-state index in [1.54, 1.807) is 42.0 Å². The number of furan rings is 1. The molecule has 0 saturated carbocycles. The second-order valence-corrected chi connectivity index (χ2v) is 11.1. The first-order chi connectivity index (χ1) is 19.4. The van der Waals surface area contributed by atoms with Gasteiger partial charge in [-0.15, -0.1) is 0 Å². The predicted octanol–water partition coefficient (Wildman–Crippen LogP) is 5.93. The lowest BCUT2D eigenvalue weighted by Crippen LogP contribution is -2.30. The van der Waals surface area contributed by atoms with E-state index < -0.39 is 15.5 Å². The highest BCUT2D eigenvalue weighted by Crippen LogP contribution is 2.32. The van der Waals surface area contributed by atoms with Gasteiger partial charge in [-0.2, -0.15) is 26.9 Å². The number of rotatable bonds is 10. The van der Waals surface area contributed by atoms with Gasteiger partial charge in [0.25, 0.3) is 5.56 Å². The average molecular weight is 585 g/mol. The number of para-hydroxylation sites is 1. The molecule has 0 amide bonds. The fourth-order valence-corrected chi connectivity index (χ4v) is 4.99. The van der Waals surface area contributed by atoms with Crippen molar-refractivity contribution in [3.8, 4) is 17.2 Å². The van der Waals surface area contributed by atoms with Crippen molar-refractivity contribution < 1.29 is 26.0 Å². The molecular formula is C29H27F3N4O4S. The highest BCUT2D eigenvalue weighted by molar-refractivity contribution is 7.93. The Hall–Kier alpha value is -4.37. The number of alkyl halides is 3. The van der Waals surface area contributed by atoms with Crippen LogP contribution in [0.3, 0.4) is 0 Å². The van der Waals surface area contributed by atoms with Crippen molar-refractivity contribution >= 4 is 15.7 Å². The van der Waals surface area contributed by atoms with Gasteiger partial charge in [-0.05, 0) is 43.0 Å². The third-order valence-corrected chi connectivity index (χ3v) is 7.69. The number of nitriles is 1. The highest BCUT2D eigenvalue weighted by atomic mass is 32.2. The number of benzene rings is 2. The van der Waals surface area contributed by atoms with Crippen LogP contribution in [0.15, 0.2) is 70.1 Å². The molecule has 2 aromatic carbocycles. The maximum absolute atomic E-state index is 13.7. The van der Waals surface area contributed by atoms with E-state index in [1.807, 2.05) is 13.0 Å². The number of aryl methyl sites for hydroxylation is 2. The summed E-state index contributed by atoms with van der Waals surface area (Å²) in [5.74, 6) is 0.856. The van der Waals surface area contributed by atoms with E-state index in [-0.39, 0.29) is 29.8 Å². The Morgan fingerprint density at radius 2 is 1.80 bits per heavy atom. The predicted molar refractivity (Wildman–Crippen MR) is 148 cm³/mol. The monoisotopic (exact) mass is 584 g/mol. The minimum absolute atomic E-state index is 0.0537. The van der Waals surface area contributed by atoms with Crippen LogP contribution in [0.4, 0.5) is 18.9 Å². The Morgan fingerprint density at radius 1 is 1.10 bits per heavy atom. The third kappa shape index (κ3) is 6.52. The zero-order valence-corrected chi connectivity index (χ0v) is 23.1. The van der Waals surface area contributed by atoms with Crippen LogP contribution in [0.2, 0.25) is 0 Å². The van der Waals surface area contributed by atoms with Gasteiger partial charge in [-0.3, -0.25) is 14.1 Å². The lowest BCUT2D eigenvalue weighted by molar-refractivity contribution is -0.0429. The summed E-state index contributed by atoms with van der Waals surface area (Å²) in [5.41, 5.74) is -2.89. The molecule has 214 valence electrons. The quantitative estimate of drug-likeness (QED) is 0.247. The largest absolute Gasteiger partial charge is 0.516 e. The molecule has 8 nitrogen and oxygen atoms in total. The number of unbranched alkanes of at least 4 members (excludes halogenated alkanes) is 1.